The molecule has 1 N–H and O–H groups in total. The van der Waals surface area contributed by atoms with Crippen molar-refractivity contribution < 1.29 is 9.15 Å². The van der Waals surface area contributed by atoms with E-state index in [1.54, 1.807) is 6.26 Å². The van der Waals surface area contributed by atoms with Crippen molar-refractivity contribution in [2.45, 2.75) is 71.4 Å². The predicted molar refractivity (Wildman–Crippen MR) is 86.6 cm³/mol. The molecule has 21 heavy (non-hydrogen) atoms. The summed E-state index contributed by atoms with van der Waals surface area (Å²) >= 11 is 0. The third-order valence-corrected chi connectivity index (χ3v) is 4.50. The summed E-state index contributed by atoms with van der Waals surface area (Å²) in [4.78, 5) is 0. The van der Waals surface area contributed by atoms with Crippen LogP contribution in [-0.2, 0) is 4.74 Å². The molecule has 120 valence electrons. The first-order valence-corrected chi connectivity index (χ1v) is 8.19. The summed E-state index contributed by atoms with van der Waals surface area (Å²) in [5.74, 6) is 1.56. The van der Waals surface area contributed by atoms with Gasteiger partial charge in [0.15, 0.2) is 0 Å². The molecule has 0 bridgehead atoms. The summed E-state index contributed by atoms with van der Waals surface area (Å²) in [6.07, 6.45) is 5.09. The van der Waals surface area contributed by atoms with Crippen LogP contribution in [-0.4, -0.2) is 24.8 Å². The molecule has 1 aromatic heterocycles. The van der Waals surface area contributed by atoms with Gasteiger partial charge in [0.2, 0.25) is 0 Å². The first-order valence-electron chi connectivity index (χ1n) is 8.19. The van der Waals surface area contributed by atoms with E-state index in [4.69, 9.17) is 9.15 Å². The van der Waals surface area contributed by atoms with Crippen LogP contribution in [0.15, 0.2) is 22.8 Å². The first kappa shape index (κ1) is 16.6. The standard InChI is InChI=1S/C18H31NO2/c1-17(2,3)15(16-7-6-11-20-16)8-10-19-14-9-12-21-18(4,5)13-14/h6-7,11,14-15,19H,8-10,12-13H2,1-5H3/t14-,15+/m0/s1. The zero-order valence-electron chi connectivity index (χ0n) is 14.2. The minimum Gasteiger partial charge on any atom is -0.469 e. The van der Waals surface area contributed by atoms with Crippen LogP contribution in [0.2, 0.25) is 0 Å². The lowest BCUT2D eigenvalue weighted by atomic mass is 9.77. The van der Waals surface area contributed by atoms with E-state index in [0.29, 0.717) is 12.0 Å². The summed E-state index contributed by atoms with van der Waals surface area (Å²) in [5.41, 5.74) is 0.231. The zero-order valence-corrected chi connectivity index (χ0v) is 14.2. The fourth-order valence-electron chi connectivity index (χ4n) is 3.33. The van der Waals surface area contributed by atoms with Crippen molar-refractivity contribution in [2.75, 3.05) is 13.2 Å². The lowest BCUT2D eigenvalue weighted by Crippen LogP contribution is -2.44. The molecule has 0 unspecified atom stereocenters. The Balaban J connectivity index is 1.85. The molecule has 1 aromatic rings. The molecule has 0 saturated carbocycles. The maximum atomic E-state index is 5.78. The van der Waals surface area contributed by atoms with E-state index in [-0.39, 0.29) is 11.0 Å². The van der Waals surface area contributed by atoms with Gasteiger partial charge in [0.25, 0.3) is 0 Å². The summed E-state index contributed by atoms with van der Waals surface area (Å²) < 4.78 is 11.4. The van der Waals surface area contributed by atoms with Gasteiger partial charge < -0.3 is 14.5 Å². The summed E-state index contributed by atoms with van der Waals surface area (Å²) in [6, 6.07) is 4.67. The molecule has 0 aliphatic carbocycles. The van der Waals surface area contributed by atoms with Crippen LogP contribution < -0.4 is 5.32 Å². The summed E-state index contributed by atoms with van der Waals surface area (Å²) in [7, 11) is 0. The van der Waals surface area contributed by atoms with E-state index in [1.165, 1.54) is 0 Å². The Morgan fingerprint density at radius 1 is 1.38 bits per heavy atom. The average Bonchev–Trinajstić information content (AvgIpc) is 2.85. The van der Waals surface area contributed by atoms with Crippen molar-refractivity contribution in [1.82, 2.24) is 5.32 Å². The van der Waals surface area contributed by atoms with Crippen molar-refractivity contribution in [3.8, 4) is 0 Å². The zero-order chi connectivity index (χ0) is 15.5. The lowest BCUT2D eigenvalue weighted by molar-refractivity contribution is -0.0629. The van der Waals surface area contributed by atoms with E-state index in [0.717, 1.165) is 38.2 Å². The van der Waals surface area contributed by atoms with E-state index >= 15 is 0 Å². The molecule has 0 radical (unpaired) electrons. The Bertz CT molecular complexity index is 417. The Labute approximate surface area is 129 Å². The highest BCUT2D eigenvalue weighted by Crippen LogP contribution is 2.37. The smallest absolute Gasteiger partial charge is 0.107 e. The molecular formula is C18H31NO2. The molecule has 1 saturated heterocycles. The molecule has 0 aromatic carbocycles. The maximum Gasteiger partial charge on any atom is 0.107 e. The van der Waals surface area contributed by atoms with Crippen molar-refractivity contribution in [2.24, 2.45) is 5.41 Å². The van der Waals surface area contributed by atoms with Gasteiger partial charge in [-0.3, -0.25) is 0 Å². The number of hydrogen-bond donors (Lipinski definition) is 1. The van der Waals surface area contributed by atoms with Gasteiger partial charge in [0.1, 0.15) is 5.76 Å². The molecule has 1 aliphatic rings. The largest absolute Gasteiger partial charge is 0.469 e. The van der Waals surface area contributed by atoms with Crippen molar-refractivity contribution in [3.63, 3.8) is 0 Å². The topological polar surface area (TPSA) is 34.4 Å². The highest BCUT2D eigenvalue weighted by atomic mass is 16.5. The van der Waals surface area contributed by atoms with Crippen molar-refractivity contribution in [1.29, 1.82) is 0 Å². The van der Waals surface area contributed by atoms with Gasteiger partial charge >= 0.3 is 0 Å². The van der Waals surface area contributed by atoms with Crippen LogP contribution in [0, 0.1) is 5.41 Å². The second-order valence-electron chi connectivity index (χ2n) is 7.97. The SMILES string of the molecule is CC1(C)C[C@@H](NCC[C@H](c2ccco2)C(C)(C)C)CCO1. The lowest BCUT2D eigenvalue weighted by Gasteiger charge is -2.36. The van der Waals surface area contributed by atoms with E-state index in [1.807, 2.05) is 6.07 Å². The maximum absolute atomic E-state index is 5.78. The Morgan fingerprint density at radius 3 is 2.71 bits per heavy atom. The number of rotatable bonds is 5. The molecule has 3 nitrogen and oxygen atoms in total. The van der Waals surface area contributed by atoms with Crippen LogP contribution in [0.3, 0.4) is 0 Å². The molecule has 0 spiro atoms. The molecule has 1 fully saturated rings. The minimum absolute atomic E-state index is 0.0142. The van der Waals surface area contributed by atoms with Gasteiger partial charge in [-0.1, -0.05) is 20.8 Å². The molecule has 0 amide bonds. The fourth-order valence-corrected chi connectivity index (χ4v) is 3.33. The number of nitrogens with one attached hydrogen (secondary N) is 1. The van der Waals surface area contributed by atoms with Crippen LogP contribution >= 0.6 is 0 Å². The first-order chi connectivity index (χ1) is 9.78. The summed E-state index contributed by atoms with van der Waals surface area (Å²) in [6.45, 7) is 13.1. The summed E-state index contributed by atoms with van der Waals surface area (Å²) in [5, 5.41) is 3.72. The van der Waals surface area contributed by atoms with Crippen LogP contribution in [0.5, 0.6) is 0 Å². The van der Waals surface area contributed by atoms with Gasteiger partial charge in [0.05, 0.1) is 11.9 Å². The van der Waals surface area contributed by atoms with Crippen LogP contribution in [0.1, 0.15) is 65.6 Å². The van der Waals surface area contributed by atoms with Gasteiger partial charge in [-0.25, -0.2) is 0 Å². The number of ether oxygens (including phenoxy) is 1. The minimum atomic E-state index is 0.0142. The van der Waals surface area contributed by atoms with E-state index in [2.05, 4.69) is 46.0 Å². The third-order valence-electron chi connectivity index (χ3n) is 4.50. The highest BCUT2D eigenvalue weighted by molar-refractivity contribution is 5.08. The fraction of sp³-hybridized carbons (Fsp3) is 0.778. The van der Waals surface area contributed by atoms with E-state index < -0.39 is 0 Å². The van der Waals surface area contributed by atoms with Crippen LogP contribution in [0.25, 0.3) is 0 Å². The number of furan rings is 1. The van der Waals surface area contributed by atoms with Gasteiger partial charge in [-0.2, -0.15) is 0 Å². The molecule has 2 atom stereocenters. The van der Waals surface area contributed by atoms with Crippen molar-refractivity contribution in [3.05, 3.63) is 24.2 Å². The van der Waals surface area contributed by atoms with Gasteiger partial charge in [-0.15, -0.1) is 0 Å². The second kappa shape index (κ2) is 6.53. The molecule has 2 heterocycles. The predicted octanol–water partition coefficient (Wildman–Crippen LogP) is 4.35. The monoisotopic (exact) mass is 293 g/mol. The molecule has 1 aliphatic heterocycles. The van der Waals surface area contributed by atoms with Gasteiger partial charge in [-0.05, 0) is 57.2 Å². The molecule has 2 rings (SSSR count). The quantitative estimate of drug-likeness (QED) is 0.876. The Hall–Kier alpha value is -0.800. The average molecular weight is 293 g/mol. The molecule has 3 heteroatoms. The van der Waals surface area contributed by atoms with Crippen LogP contribution in [0.4, 0.5) is 0 Å². The number of hydrogen-bond acceptors (Lipinski definition) is 3. The normalized spacial score (nSPS) is 24.0. The highest BCUT2D eigenvalue weighted by Gasteiger charge is 2.30. The van der Waals surface area contributed by atoms with Gasteiger partial charge in [0, 0.05) is 18.6 Å². The van der Waals surface area contributed by atoms with Crippen molar-refractivity contribution >= 4 is 0 Å². The Morgan fingerprint density at radius 2 is 2.14 bits per heavy atom. The van der Waals surface area contributed by atoms with E-state index in [9.17, 15) is 0 Å². The third kappa shape index (κ3) is 4.86. The Kier molecular flexibility index (Phi) is 5.15. The second-order valence-corrected chi connectivity index (χ2v) is 7.97. The molecular weight excluding hydrogens is 262 g/mol.